The molecule has 0 saturated carbocycles. The van der Waals surface area contributed by atoms with Crippen molar-refractivity contribution in [1.29, 1.82) is 0 Å². The monoisotopic (exact) mass is 315 g/mol. The highest BCUT2D eigenvalue weighted by molar-refractivity contribution is 7.18. The number of nitrogens with one attached hydrogen (secondary N) is 1. The van der Waals surface area contributed by atoms with Gasteiger partial charge in [-0.15, -0.1) is 21.5 Å². The van der Waals surface area contributed by atoms with Gasteiger partial charge in [0, 0.05) is 18.2 Å². The van der Waals surface area contributed by atoms with E-state index in [1.54, 1.807) is 11.3 Å². The third-order valence-electron chi connectivity index (χ3n) is 3.66. The highest BCUT2D eigenvalue weighted by Gasteiger charge is 2.18. The molecule has 5 nitrogen and oxygen atoms in total. The molecular weight excluding hydrogens is 294 g/mol. The summed E-state index contributed by atoms with van der Waals surface area (Å²) in [5.41, 5.74) is 2.24. The molecule has 0 amide bonds. The van der Waals surface area contributed by atoms with Gasteiger partial charge < -0.3 is 9.88 Å². The number of anilines is 1. The number of fused-ring (bicyclic) bond motifs is 1. The topological polar surface area (TPSA) is 55.6 Å². The second-order valence-electron chi connectivity index (χ2n) is 6.53. The van der Waals surface area contributed by atoms with Crippen molar-refractivity contribution in [3.8, 4) is 0 Å². The Bertz CT molecular complexity index is 810. The van der Waals surface area contributed by atoms with Crippen molar-refractivity contribution in [1.82, 2.24) is 19.7 Å². The summed E-state index contributed by atoms with van der Waals surface area (Å²) in [6, 6.07) is 6.30. The summed E-state index contributed by atoms with van der Waals surface area (Å²) in [5.74, 6) is 1.85. The smallest absolute Gasteiger partial charge is 0.152 e. The zero-order valence-corrected chi connectivity index (χ0v) is 14.5. The van der Waals surface area contributed by atoms with Crippen LogP contribution in [0.4, 0.5) is 5.69 Å². The molecule has 2 aromatic heterocycles. The van der Waals surface area contributed by atoms with Gasteiger partial charge in [0.05, 0.1) is 21.8 Å². The minimum Gasteiger partial charge on any atom is -0.378 e. The third kappa shape index (κ3) is 2.83. The first-order valence-corrected chi connectivity index (χ1v) is 8.16. The van der Waals surface area contributed by atoms with Crippen LogP contribution in [0, 0.1) is 6.92 Å². The highest BCUT2D eigenvalue weighted by Crippen LogP contribution is 2.32. The second-order valence-corrected chi connectivity index (χ2v) is 7.56. The Morgan fingerprint density at radius 3 is 2.64 bits per heavy atom. The van der Waals surface area contributed by atoms with E-state index in [2.05, 4.69) is 54.5 Å². The standard InChI is InChI=1S/C16H21N5S/c1-10-19-20-14(21(10)5)9-17-11-6-7-12-13(8-11)22-15(18-12)16(2,3)4/h6-8,17H,9H2,1-5H3. The Kier molecular flexibility index (Phi) is 3.64. The molecule has 0 aliphatic heterocycles. The fraction of sp³-hybridized carbons (Fsp3) is 0.438. The van der Waals surface area contributed by atoms with E-state index in [0.717, 1.165) is 22.9 Å². The van der Waals surface area contributed by atoms with Crippen LogP contribution < -0.4 is 5.32 Å². The lowest BCUT2D eigenvalue weighted by Crippen LogP contribution is -2.09. The average Bonchev–Trinajstić information content (AvgIpc) is 3.01. The summed E-state index contributed by atoms with van der Waals surface area (Å²) in [4.78, 5) is 4.73. The van der Waals surface area contributed by atoms with Gasteiger partial charge in [0.1, 0.15) is 5.82 Å². The zero-order valence-electron chi connectivity index (χ0n) is 13.6. The number of thiazole rings is 1. The molecule has 2 heterocycles. The van der Waals surface area contributed by atoms with E-state index in [4.69, 9.17) is 4.98 Å². The molecule has 116 valence electrons. The number of benzene rings is 1. The van der Waals surface area contributed by atoms with Gasteiger partial charge in [-0.25, -0.2) is 4.98 Å². The van der Waals surface area contributed by atoms with Crippen LogP contribution in [-0.2, 0) is 19.0 Å². The molecule has 0 fully saturated rings. The zero-order chi connectivity index (χ0) is 15.9. The lowest BCUT2D eigenvalue weighted by atomic mass is 9.98. The van der Waals surface area contributed by atoms with Gasteiger partial charge in [0.15, 0.2) is 5.82 Å². The fourth-order valence-electron chi connectivity index (χ4n) is 2.14. The van der Waals surface area contributed by atoms with Gasteiger partial charge in [-0.3, -0.25) is 0 Å². The minimum atomic E-state index is 0.0907. The van der Waals surface area contributed by atoms with E-state index in [-0.39, 0.29) is 5.41 Å². The van der Waals surface area contributed by atoms with Crippen molar-refractivity contribution >= 4 is 27.2 Å². The predicted molar refractivity (Wildman–Crippen MR) is 91.4 cm³/mol. The Labute approximate surface area is 134 Å². The molecule has 0 spiro atoms. The van der Waals surface area contributed by atoms with Crippen molar-refractivity contribution in [2.75, 3.05) is 5.32 Å². The fourth-order valence-corrected chi connectivity index (χ4v) is 3.20. The highest BCUT2D eigenvalue weighted by atomic mass is 32.1. The van der Waals surface area contributed by atoms with Crippen molar-refractivity contribution < 1.29 is 0 Å². The van der Waals surface area contributed by atoms with Crippen LogP contribution in [0.3, 0.4) is 0 Å². The molecule has 1 N–H and O–H groups in total. The largest absolute Gasteiger partial charge is 0.378 e. The van der Waals surface area contributed by atoms with Crippen molar-refractivity contribution in [3.05, 3.63) is 34.9 Å². The molecule has 3 rings (SSSR count). The number of aromatic nitrogens is 4. The van der Waals surface area contributed by atoms with Crippen LogP contribution in [0.1, 0.15) is 37.4 Å². The van der Waals surface area contributed by atoms with Crippen LogP contribution in [-0.4, -0.2) is 19.7 Å². The summed E-state index contributed by atoms with van der Waals surface area (Å²) in [5, 5.41) is 12.8. The first-order chi connectivity index (χ1) is 10.3. The predicted octanol–water partition coefficient (Wildman–Crippen LogP) is 3.64. The van der Waals surface area contributed by atoms with Crippen LogP contribution in [0.2, 0.25) is 0 Å². The van der Waals surface area contributed by atoms with E-state index in [9.17, 15) is 0 Å². The summed E-state index contributed by atoms with van der Waals surface area (Å²) < 4.78 is 3.21. The van der Waals surface area contributed by atoms with Crippen LogP contribution in [0.25, 0.3) is 10.2 Å². The molecule has 3 aromatic rings. The molecule has 0 radical (unpaired) electrons. The summed E-state index contributed by atoms with van der Waals surface area (Å²) in [6.07, 6.45) is 0. The maximum Gasteiger partial charge on any atom is 0.152 e. The van der Waals surface area contributed by atoms with Gasteiger partial charge in [0.25, 0.3) is 0 Å². The van der Waals surface area contributed by atoms with Gasteiger partial charge >= 0.3 is 0 Å². The maximum absolute atomic E-state index is 4.73. The van der Waals surface area contributed by atoms with E-state index in [1.807, 2.05) is 18.5 Å². The van der Waals surface area contributed by atoms with Gasteiger partial charge in [0.2, 0.25) is 0 Å². The quantitative estimate of drug-likeness (QED) is 0.801. The first kappa shape index (κ1) is 15.0. The third-order valence-corrected chi connectivity index (χ3v) is 5.11. The van der Waals surface area contributed by atoms with Crippen molar-refractivity contribution in [2.45, 2.75) is 39.7 Å². The van der Waals surface area contributed by atoms with Gasteiger partial charge in [-0.2, -0.15) is 0 Å². The molecule has 0 saturated heterocycles. The Morgan fingerprint density at radius 2 is 2.00 bits per heavy atom. The summed E-state index contributed by atoms with van der Waals surface area (Å²) in [7, 11) is 1.98. The molecule has 0 aliphatic carbocycles. The molecular formula is C16H21N5S. The Morgan fingerprint density at radius 1 is 1.23 bits per heavy atom. The normalized spacial score (nSPS) is 12.0. The average molecular weight is 315 g/mol. The molecule has 0 bridgehead atoms. The number of rotatable bonds is 3. The SMILES string of the molecule is Cc1nnc(CNc2ccc3nc(C(C)(C)C)sc3c2)n1C. The lowest BCUT2D eigenvalue weighted by molar-refractivity contribution is 0.587. The second kappa shape index (κ2) is 5.35. The summed E-state index contributed by atoms with van der Waals surface area (Å²) in [6.45, 7) is 9.20. The first-order valence-electron chi connectivity index (χ1n) is 7.34. The molecule has 0 aliphatic rings. The molecule has 22 heavy (non-hydrogen) atoms. The van der Waals surface area contributed by atoms with E-state index in [0.29, 0.717) is 6.54 Å². The van der Waals surface area contributed by atoms with Crippen molar-refractivity contribution in [2.24, 2.45) is 7.05 Å². The number of nitrogens with zero attached hydrogens (tertiary/aromatic N) is 4. The van der Waals surface area contributed by atoms with Crippen molar-refractivity contribution in [3.63, 3.8) is 0 Å². The minimum absolute atomic E-state index is 0.0907. The van der Waals surface area contributed by atoms with E-state index < -0.39 is 0 Å². The van der Waals surface area contributed by atoms with E-state index >= 15 is 0 Å². The number of hydrogen-bond donors (Lipinski definition) is 1. The van der Waals surface area contributed by atoms with Crippen LogP contribution >= 0.6 is 11.3 Å². The summed E-state index contributed by atoms with van der Waals surface area (Å²) >= 11 is 1.76. The molecule has 0 unspecified atom stereocenters. The maximum atomic E-state index is 4.73. The number of hydrogen-bond acceptors (Lipinski definition) is 5. The number of aryl methyl sites for hydroxylation is 1. The van der Waals surface area contributed by atoms with Gasteiger partial charge in [-0.1, -0.05) is 20.8 Å². The van der Waals surface area contributed by atoms with E-state index in [1.165, 1.54) is 9.71 Å². The van der Waals surface area contributed by atoms with Crippen LogP contribution in [0.15, 0.2) is 18.2 Å². The molecule has 6 heteroatoms. The Hall–Kier alpha value is -1.95. The lowest BCUT2D eigenvalue weighted by Gasteiger charge is -2.13. The Balaban J connectivity index is 1.81. The molecule has 0 atom stereocenters. The molecule has 1 aromatic carbocycles. The van der Waals surface area contributed by atoms with Gasteiger partial charge in [-0.05, 0) is 25.1 Å². The van der Waals surface area contributed by atoms with Crippen LogP contribution in [0.5, 0.6) is 0 Å².